The molecular formula is C47H62BrNO15. The summed E-state index contributed by atoms with van der Waals surface area (Å²) in [7, 11) is 0. The van der Waals surface area contributed by atoms with Gasteiger partial charge in [-0.15, -0.1) is 0 Å². The molecule has 3 aromatic rings. The molecule has 3 unspecified atom stereocenters. The fourth-order valence-electron chi connectivity index (χ4n) is 5.47. The van der Waals surface area contributed by atoms with E-state index in [9.17, 15) is 33.6 Å². The molecule has 0 aromatic heterocycles. The fourth-order valence-corrected chi connectivity index (χ4v) is 5.60. The van der Waals surface area contributed by atoms with Crippen LogP contribution < -0.4 is 5.73 Å². The quantitative estimate of drug-likeness (QED) is 0.0198. The lowest BCUT2D eigenvalue weighted by Gasteiger charge is -2.12. The van der Waals surface area contributed by atoms with Crippen LogP contribution in [0.4, 0.5) is 0 Å². The van der Waals surface area contributed by atoms with Gasteiger partial charge in [0.25, 0.3) is 0 Å². The van der Waals surface area contributed by atoms with E-state index < -0.39 is 42.1 Å². The minimum Gasteiger partial charge on any atom is -0.480 e. The molecule has 0 heterocycles. The monoisotopic (exact) mass is 959 g/mol. The first-order valence-corrected chi connectivity index (χ1v) is 22.3. The fraction of sp³-hybridized carbons (Fsp3) is 0.468. The number of carbonyl (C=O) groups is 7. The number of hydrogen-bond acceptors (Lipinski definition) is 13. The second-order valence-electron chi connectivity index (χ2n) is 14.5. The van der Waals surface area contributed by atoms with Crippen LogP contribution in [0.2, 0.25) is 0 Å². The van der Waals surface area contributed by atoms with Crippen molar-refractivity contribution in [1.82, 2.24) is 0 Å². The minimum atomic E-state index is -1.31. The molecule has 0 saturated heterocycles. The lowest BCUT2D eigenvalue weighted by atomic mass is 10.1. The number of hydrogen-bond donors (Lipinski definition) is 5. The molecule has 0 aliphatic heterocycles. The van der Waals surface area contributed by atoms with Gasteiger partial charge in [-0.3, -0.25) is 24.0 Å². The Bertz CT molecular complexity index is 1700. The predicted molar refractivity (Wildman–Crippen MR) is 239 cm³/mol. The second kappa shape index (κ2) is 35.8. The smallest absolute Gasteiger partial charge is 0.345 e. The number of ether oxygens (including phenoxy) is 4. The van der Waals surface area contributed by atoms with E-state index in [0.717, 1.165) is 23.1 Å². The molecule has 3 rings (SSSR count). The Hall–Kier alpha value is -5.65. The zero-order valence-corrected chi connectivity index (χ0v) is 37.6. The van der Waals surface area contributed by atoms with E-state index in [1.54, 1.807) is 0 Å². The second-order valence-corrected chi connectivity index (χ2v) is 15.0. The molecule has 0 aliphatic rings. The zero-order valence-electron chi connectivity index (χ0n) is 36.1. The van der Waals surface area contributed by atoms with Crippen molar-refractivity contribution in [2.75, 3.05) is 5.33 Å². The Labute approximate surface area is 382 Å². The van der Waals surface area contributed by atoms with Crippen molar-refractivity contribution in [3.05, 3.63) is 108 Å². The molecule has 0 bridgehead atoms. The number of halogens is 1. The summed E-state index contributed by atoms with van der Waals surface area (Å²) in [6, 6.07) is 27.6. The minimum absolute atomic E-state index is 0.0377. The SMILES string of the molecule is NC(CCCCCC(=O)OCc1ccccc1)C(=O)O.O=C(CCCCCC(O)C(=O)O)OCc1ccccc1.O=C(CCCCCC(OC(=O)CBr)C(=O)O)OCc1ccccc1. The van der Waals surface area contributed by atoms with Crippen molar-refractivity contribution in [3.63, 3.8) is 0 Å². The Balaban J connectivity index is 0.000000483. The Morgan fingerprint density at radius 2 is 0.828 bits per heavy atom. The van der Waals surface area contributed by atoms with E-state index in [-0.39, 0.29) is 55.7 Å². The van der Waals surface area contributed by atoms with Crippen LogP contribution in [0, 0.1) is 0 Å². The number of esters is 4. The van der Waals surface area contributed by atoms with Crippen molar-refractivity contribution in [2.24, 2.45) is 5.73 Å². The molecule has 16 nitrogen and oxygen atoms in total. The topological polar surface area (TPSA) is 263 Å². The number of carbonyl (C=O) groups excluding carboxylic acids is 4. The molecule has 0 aliphatic carbocycles. The van der Waals surface area contributed by atoms with Gasteiger partial charge in [0.15, 0.2) is 12.2 Å². The molecule has 17 heteroatoms. The van der Waals surface area contributed by atoms with Gasteiger partial charge in [0.1, 0.15) is 31.2 Å². The summed E-state index contributed by atoms with van der Waals surface area (Å²) in [4.78, 5) is 77.5. The van der Waals surface area contributed by atoms with Gasteiger partial charge in [-0.25, -0.2) is 9.59 Å². The number of benzene rings is 3. The van der Waals surface area contributed by atoms with Gasteiger partial charge in [0.05, 0.1) is 0 Å². The van der Waals surface area contributed by atoms with Crippen molar-refractivity contribution < 1.29 is 72.9 Å². The van der Waals surface area contributed by atoms with Gasteiger partial charge < -0.3 is 45.1 Å². The molecule has 0 fully saturated rings. The first-order valence-electron chi connectivity index (χ1n) is 21.2. The van der Waals surface area contributed by atoms with Gasteiger partial charge in [0, 0.05) is 19.3 Å². The highest BCUT2D eigenvalue weighted by Gasteiger charge is 2.21. The average Bonchev–Trinajstić information content (AvgIpc) is 3.29. The van der Waals surface area contributed by atoms with E-state index in [1.807, 2.05) is 91.0 Å². The third kappa shape index (κ3) is 30.4. The molecule has 0 amide bonds. The normalized spacial score (nSPS) is 11.7. The Kier molecular flexibility index (Phi) is 31.5. The van der Waals surface area contributed by atoms with E-state index >= 15 is 0 Å². The van der Waals surface area contributed by atoms with E-state index in [4.69, 9.17) is 45.1 Å². The average molecular weight is 961 g/mol. The first kappa shape index (κ1) is 56.4. The largest absolute Gasteiger partial charge is 0.480 e. The maximum atomic E-state index is 11.6. The maximum absolute atomic E-state index is 11.6. The summed E-state index contributed by atoms with van der Waals surface area (Å²) in [5, 5.41) is 35.1. The number of unbranched alkanes of at least 4 members (excludes halogenated alkanes) is 6. The van der Waals surface area contributed by atoms with Crippen LogP contribution in [-0.2, 0) is 72.3 Å². The summed E-state index contributed by atoms with van der Waals surface area (Å²) in [5.41, 5.74) is 8.23. The zero-order chi connectivity index (χ0) is 47.4. The van der Waals surface area contributed by atoms with Crippen LogP contribution in [-0.4, -0.2) is 85.8 Å². The third-order valence-corrected chi connectivity index (χ3v) is 9.55. The molecule has 64 heavy (non-hydrogen) atoms. The first-order chi connectivity index (χ1) is 30.7. The molecule has 3 atom stereocenters. The number of carboxylic acid groups (broad SMARTS) is 3. The number of nitrogens with two attached hydrogens (primary N) is 1. The summed E-state index contributed by atoms with van der Waals surface area (Å²) in [6.45, 7) is 0.824. The lowest BCUT2D eigenvalue weighted by Crippen LogP contribution is -2.29. The van der Waals surface area contributed by atoms with Gasteiger partial charge in [-0.2, -0.15) is 0 Å². The van der Waals surface area contributed by atoms with Crippen LogP contribution in [0.25, 0.3) is 0 Å². The van der Waals surface area contributed by atoms with Gasteiger partial charge in [0.2, 0.25) is 0 Å². The van der Waals surface area contributed by atoms with Gasteiger partial charge >= 0.3 is 41.8 Å². The number of rotatable bonds is 29. The number of aliphatic carboxylic acids is 3. The molecule has 0 spiro atoms. The van der Waals surface area contributed by atoms with Crippen molar-refractivity contribution in [2.45, 2.75) is 134 Å². The predicted octanol–water partition coefficient (Wildman–Crippen LogP) is 7.29. The third-order valence-electron chi connectivity index (χ3n) is 9.09. The van der Waals surface area contributed by atoms with Crippen molar-refractivity contribution >= 4 is 57.7 Å². The molecule has 3 aromatic carbocycles. The molecule has 6 N–H and O–H groups in total. The van der Waals surface area contributed by atoms with Crippen molar-refractivity contribution in [3.8, 4) is 0 Å². The highest BCUT2D eigenvalue weighted by molar-refractivity contribution is 9.09. The molecular weight excluding hydrogens is 898 g/mol. The maximum Gasteiger partial charge on any atom is 0.345 e. The molecule has 352 valence electrons. The Morgan fingerprint density at radius 1 is 0.469 bits per heavy atom. The molecule has 0 radical (unpaired) electrons. The summed E-state index contributed by atoms with van der Waals surface area (Å²) in [5.74, 6) is -4.71. The number of aliphatic hydroxyl groups is 1. The molecule has 0 saturated carbocycles. The van der Waals surface area contributed by atoms with Crippen molar-refractivity contribution in [1.29, 1.82) is 0 Å². The summed E-state index contributed by atoms with van der Waals surface area (Å²) < 4.78 is 20.2. The lowest BCUT2D eigenvalue weighted by molar-refractivity contribution is -0.162. The van der Waals surface area contributed by atoms with Crippen LogP contribution >= 0.6 is 15.9 Å². The van der Waals surface area contributed by atoms with Crippen LogP contribution in [0.1, 0.15) is 113 Å². The summed E-state index contributed by atoms with van der Waals surface area (Å²) in [6.07, 6.45) is 5.32. The number of carboxylic acids is 3. The number of alkyl halides is 1. The van der Waals surface area contributed by atoms with Crippen LogP contribution in [0.3, 0.4) is 0 Å². The van der Waals surface area contributed by atoms with Crippen LogP contribution in [0.5, 0.6) is 0 Å². The highest BCUT2D eigenvalue weighted by atomic mass is 79.9. The standard InChI is InChI=1S/C17H21BrO6.C15H21NO4.C15H20O5/c18-11-16(20)24-14(17(21)22)9-5-2-6-10-15(19)23-12-13-7-3-1-4-8-13;2*16-13(15(18)19)9-5-2-6-10-14(17)20-11-12-7-3-1-4-8-12/h1,3-4,7-8,14H,2,5-6,9-12H2,(H,21,22);1,3-4,7-8,13H,2,5-6,9-11,16H2,(H,18,19);1,3-4,7-8,13,16H,2,5-6,9-11H2,(H,18,19). The van der Waals surface area contributed by atoms with Crippen LogP contribution in [0.15, 0.2) is 91.0 Å². The van der Waals surface area contributed by atoms with E-state index in [0.29, 0.717) is 77.2 Å². The van der Waals surface area contributed by atoms with E-state index in [2.05, 4.69) is 15.9 Å². The Morgan fingerprint density at radius 3 is 1.16 bits per heavy atom. The van der Waals surface area contributed by atoms with Gasteiger partial charge in [-0.05, 0) is 61.6 Å². The summed E-state index contributed by atoms with van der Waals surface area (Å²) >= 11 is 2.91. The number of aliphatic hydroxyl groups excluding tert-OH is 1. The van der Waals surface area contributed by atoms with E-state index in [1.165, 1.54) is 0 Å². The highest BCUT2D eigenvalue weighted by Crippen LogP contribution is 2.12. The van der Waals surface area contributed by atoms with Gasteiger partial charge in [-0.1, -0.05) is 139 Å².